The molecule has 0 saturated carbocycles. The first-order valence-corrected chi connectivity index (χ1v) is 35.3. The van der Waals surface area contributed by atoms with Gasteiger partial charge in [0.15, 0.2) is 16.1 Å². The molecule has 2 aliphatic heterocycles. The Bertz CT molecular complexity index is 5410. The number of furan rings is 2. The molecule has 13 aromatic carbocycles. The van der Waals surface area contributed by atoms with E-state index < -0.39 is 16.1 Å². The van der Waals surface area contributed by atoms with E-state index in [1.54, 1.807) is 0 Å². The van der Waals surface area contributed by atoms with Gasteiger partial charge in [0.1, 0.15) is 22.3 Å². The number of hydrogen-bond acceptors (Lipinski definition) is 3. The van der Waals surface area contributed by atoms with Crippen molar-refractivity contribution in [1.29, 1.82) is 0 Å². The molecule has 15 aromatic rings. The maximum absolute atomic E-state index is 7.49. The van der Waals surface area contributed by atoms with Crippen LogP contribution in [0.2, 0.25) is 0 Å². The summed E-state index contributed by atoms with van der Waals surface area (Å²) in [5.41, 5.74) is 22.4. The van der Waals surface area contributed by atoms with Gasteiger partial charge in [-0.05, 0) is 169 Å². The highest BCUT2D eigenvalue weighted by molar-refractivity contribution is 7.30. The number of fused-ring (bicyclic) bond motifs is 22. The van der Waals surface area contributed by atoms with Crippen LogP contribution in [0.4, 0.5) is 17.1 Å². The summed E-state index contributed by atoms with van der Waals surface area (Å²) in [7, 11) is -6.66. The molecule has 0 N–H and O–H groups in total. The maximum Gasteiger partial charge on any atom is 0.180 e. The third kappa shape index (κ3) is 6.50. The van der Waals surface area contributed by atoms with Gasteiger partial charge in [-0.3, -0.25) is 0 Å². The fraction of sp³-hybridized carbons (Fsp3) is 0.0714. The van der Waals surface area contributed by atoms with Crippen molar-refractivity contribution in [3.05, 3.63) is 307 Å². The molecule has 2 aliphatic carbocycles. The fourth-order valence-electron chi connectivity index (χ4n) is 17.4. The van der Waals surface area contributed by atoms with Gasteiger partial charge in [-0.2, -0.15) is 0 Å². The molecule has 0 unspecified atom stereocenters. The lowest BCUT2D eigenvalue weighted by Gasteiger charge is -2.38. The molecular formula is C84H59NO2Si2. The highest BCUT2D eigenvalue weighted by Crippen LogP contribution is 2.59. The minimum absolute atomic E-state index is 0.207. The molecule has 0 atom stereocenters. The zero-order valence-corrected chi connectivity index (χ0v) is 51.9. The summed E-state index contributed by atoms with van der Waals surface area (Å²) in [6.45, 7) is 9.68. The Balaban J connectivity index is 0.885. The van der Waals surface area contributed by atoms with Gasteiger partial charge in [0.25, 0.3) is 0 Å². The Morgan fingerprint density at radius 1 is 0.292 bits per heavy atom. The van der Waals surface area contributed by atoms with Gasteiger partial charge in [-0.15, -0.1) is 0 Å². The zero-order chi connectivity index (χ0) is 59.1. The average molecular weight is 1170 g/mol. The minimum atomic E-state index is -3.43. The van der Waals surface area contributed by atoms with Crippen molar-refractivity contribution in [2.24, 2.45) is 0 Å². The van der Waals surface area contributed by atoms with Crippen molar-refractivity contribution >= 4 is 119 Å². The molecule has 0 amide bonds. The second-order valence-corrected chi connectivity index (χ2v) is 33.5. The van der Waals surface area contributed by atoms with Crippen LogP contribution < -0.4 is 46.4 Å². The number of anilines is 3. The molecule has 19 rings (SSSR count). The van der Waals surface area contributed by atoms with Gasteiger partial charge in [0, 0.05) is 55.0 Å². The lowest BCUT2D eigenvalue weighted by molar-refractivity contribution is 0.651. The first-order valence-electron chi connectivity index (χ1n) is 31.3. The highest BCUT2D eigenvalue weighted by atomic mass is 28.3. The second-order valence-electron chi connectivity index (χ2n) is 26.1. The van der Waals surface area contributed by atoms with Gasteiger partial charge < -0.3 is 13.7 Å². The molecule has 0 spiro atoms. The summed E-state index contributed by atoms with van der Waals surface area (Å²) in [5, 5.41) is 15.9. The van der Waals surface area contributed by atoms with Crippen molar-refractivity contribution in [2.45, 2.75) is 38.5 Å². The van der Waals surface area contributed by atoms with Crippen LogP contribution in [0.3, 0.4) is 0 Å². The Morgan fingerprint density at radius 2 is 0.753 bits per heavy atom. The Hall–Kier alpha value is -10.3. The summed E-state index contributed by atoms with van der Waals surface area (Å²) in [6, 6.07) is 109. The van der Waals surface area contributed by atoms with Gasteiger partial charge in [0.2, 0.25) is 0 Å². The van der Waals surface area contributed by atoms with Gasteiger partial charge >= 0.3 is 0 Å². The van der Waals surface area contributed by atoms with E-state index in [-0.39, 0.29) is 10.8 Å². The van der Waals surface area contributed by atoms with Gasteiger partial charge in [-0.1, -0.05) is 246 Å². The summed E-state index contributed by atoms with van der Waals surface area (Å²) < 4.78 is 14.0. The van der Waals surface area contributed by atoms with Crippen LogP contribution in [0.15, 0.2) is 294 Å². The number of rotatable bonds is 7. The van der Waals surface area contributed by atoms with Crippen LogP contribution >= 0.6 is 0 Å². The van der Waals surface area contributed by atoms with Gasteiger partial charge in [-0.25, -0.2) is 0 Å². The van der Waals surface area contributed by atoms with E-state index in [1.807, 2.05) is 0 Å². The summed E-state index contributed by atoms with van der Waals surface area (Å²) >= 11 is 0. The third-order valence-corrected chi connectivity index (χ3v) is 31.2. The van der Waals surface area contributed by atoms with Crippen molar-refractivity contribution in [3.63, 3.8) is 0 Å². The molecule has 0 radical (unpaired) electrons. The SMILES string of the molecule is CC1(C)c2cc(N(c3ccccc3)c3ccc4c(c3)[Si](c3ccccc3)(c3ccccc3)c3c5c(c6oc7ccccc7c6c3-4)-c3ccccc3[Si]5(c3ccccc3)c3ccccc3)ccc2-c2cc3c(cc21)-c1c(ccc2oc4ccccc4c12)C3(C)C. The fourth-order valence-corrected chi connectivity index (χ4v) is 29.1. The normalized spacial score (nSPS) is 15.3. The number of hydrogen-bond donors (Lipinski definition) is 0. The van der Waals surface area contributed by atoms with E-state index in [0.29, 0.717) is 0 Å². The summed E-state index contributed by atoms with van der Waals surface area (Å²) in [5.74, 6) is 0. The highest BCUT2D eigenvalue weighted by Gasteiger charge is 2.59. The lowest BCUT2D eigenvalue weighted by atomic mass is 9.79. The summed E-state index contributed by atoms with van der Waals surface area (Å²) in [4.78, 5) is 2.54. The standard InChI is InChI=1S/C84H59NO2Si2/c1-83(2)66-46-47-72-76(60-36-20-23-39-70(60)86-72)75(66)65-51-68-64(50-69(65)83)59-44-42-53(48-67(59)84(68,3)4)85(52-26-10-5-11-27-52)54-43-45-63-74(49-54)89(57-32-16-8-17-33-57,58-34-18-9-19-35-58)81-78(63)77-61-37-21-24-40-71(61)87-80(77)79-62-38-22-25-41-73(62)88(82(79)81,55-28-12-6-13-29-55)56-30-14-7-15-31-56/h5-51H,1-4H3. The average Bonchev–Trinajstić information content (AvgIpc) is 1.49. The molecule has 4 aliphatic rings. The molecule has 0 bridgehead atoms. The zero-order valence-electron chi connectivity index (χ0n) is 49.9. The van der Waals surface area contributed by atoms with E-state index in [9.17, 15) is 0 Å². The minimum Gasteiger partial charge on any atom is -0.456 e. The van der Waals surface area contributed by atoms with Gasteiger partial charge in [0.05, 0.1) is 0 Å². The van der Waals surface area contributed by atoms with E-state index in [2.05, 4.69) is 318 Å². The Morgan fingerprint density at radius 3 is 1.39 bits per heavy atom. The molecule has 0 fully saturated rings. The van der Waals surface area contributed by atoms with Crippen LogP contribution in [-0.2, 0) is 10.8 Å². The lowest BCUT2D eigenvalue weighted by Crippen LogP contribution is -2.82. The molecule has 0 saturated heterocycles. The second kappa shape index (κ2) is 18.1. The van der Waals surface area contributed by atoms with Crippen molar-refractivity contribution in [2.75, 3.05) is 4.90 Å². The molecule has 3 nitrogen and oxygen atoms in total. The van der Waals surface area contributed by atoms with E-state index >= 15 is 0 Å². The van der Waals surface area contributed by atoms with Crippen LogP contribution in [-0.4, -0.2) is 16.1 Å². The quantitative estimate of drug-likeness (QED) is 0.149. The molecule has 4 heterocycles. The molecule has 89 heavy (non-hydrogen) atoms. The first-order chi connectivity index (χ1) is 43.7. The third-order valence-electron chi connectivity index (χ3n) is 21.2. The van der Waals surface area contributed by atoms with Crippen LogP contribution in [0.5, 0.6) is 0 Å². The van der Waals surface area contributed by atoms with E-state index in [4.69, 9.17) is 8.83 Å². The predicted molar refractivity (Wildman–Crippen MR) is 376 cm³/mol. The Labute approximate surface area is 519 Å². The van der Waals surface area contributed by atoms with Crippen LogP contribution in [0.25, 0.3) is 88.4 Å². The van der Waals surface area contributed by atoms with Crippen molar-refractivity contribution < 1.29 is 8.83 Å². The number of benzene rings is 13. The van der Waals surface area contributed by atoms with Crippen LogP contribution in [0, 0.1) is 0 Å². The Kier molecular flexibility index (Phi) is 10.4. The number of nitrogens with zero attached hydrogens (tertiary/aromatic N) is 1. The first kappa shape index (κ1) is 50.8. The smallest absolute Gasteiger partial charge is 0.180 e. The topological polar surface area (TPSA) is 29.5 Å². The van der Waals surface area contributed by atoms with Crippen molar-refractivity contribution in [1.82, 2.24) is 0 Å². The largest absolute Gasteiger partial charge is 0.456 e. The maximum atomic E-state index is 7.49. The molecule has 420 valence electrons. The summed E-state index contributed by atoms with van der Waals surface area (Å²) in [6.07, 6.45) is 0. The predicted octanol–water partition coefficient (Wildman–Crippen LogP) is 16.3. The monoisotopic (exact) mass is 1170 g/mol. The van der Waals surface area contributed by atoms with E-state index in [1.165, 1.54) is 124 Å². The number of para-hydroxylation sites is 3. The van der Waals surface area contributed by atoms with Crippen LogP contribution in [0.1, 0.15) is 49.9 Å². The molecule has 2 aromatic heterocycles. The molecular weight excluding hydrogens is 1110 g/mol. The van der Waals surface area contributed by atoms with Crippen molar-refractivity contribution in [3.8, 4) is 44.5 Å². The van der Waals surface area contributed by atoms with E-state index in [0.717, 1.165) is 44.8 Å². The molecule has 5 heteroatoms.